The number of nitrogens with zero attached hydrogens (tertiary/aromatic N) is 1. The maximum absolute atomic E-state index is 10.7. The van der Waals surface area contributed by atoms with Crippen molar-refractivity contribution in [2.45, 2.75) is 33.6 Å². The van der Waals surface area contributed by atoms with E-state index in [1.807, 2.05) is 14.0 Å². The molecule has 0 aromatic rings. The molecule has 0 N–H and O–H groups in total. The van der Waals surface area contributed by atoms with Crippen LogP contribution in [0, 0.1) is 0 Å². The van der Waals surface area contributed by atoms with Gasteiger partial charge in [-0.2, -0.15) is 0 Å². The van der Waals surface area contributed by atoms with E-state index in [9.17, 15) is 4.79 Å². The van der Waals surface area contributed by atoms with Gasteiger partial charge >= 0.3 is 0 Å². The van der Waals surface area contributed by atoms with Crippen LogP contribution in [0.25, 0.3) is 0 Å². The second-order valence-corrected chi connectivity index (χ2v) is 3.17. The summed E-state index contributed by atoms with van der Waals surface area (Å²) in [6, 6.07) is 0. The zero-order valence-corrected chi connectivity index (χ0v) is 8.55. The molecule has 0 radical (unpaired) electrons. The number of hydrogen-bond donors (Lipinski definition) is 0. The smallest absolute Gasteiger partial charge is 0.154 e. The zero-order valence-electron chi connectivity index (χ0n) is 8.55. The van der Waals surface area contributed by atoms with Gasteiger partial charge in [0.15, 0.2) is 5.78 Å². The van der Waals surface area contributed by atoms with Crippen molar-refractivity contribution in [2.75, 3.05) is 13.6 Å². The highest BCUT2D eigenvalue weighted by Crippen LogP contribution is 2.01. The average molecular weight is 169 g/mol. The van der Waals surface area contributed by atoms with Crippen molar-refractivity contribution in [1.29, 1.82) is 0 Å². The van der Waals surface area contributed by atoms with Gasteiger partial charge in [-0.05, 0) is 26.3 Å². The molecule has 0 spiro atoms. The number of carbonyl (C=O) groups is 1. The van der Waals surface area contributed by atoms with Crippen LogP contribution in [-0.2, 0) is 4.79 Å². The SMILES string of the molecule is CCCCN(C)/C(C)=C/C(C)=O. The summed E-state index contributed by atoms with van der Waals surface area (Å²) in [4.78, 5) is 12.8. The summed E-state index contributed by atoms with van der Waals surface area (Å²) < 4.78 is 0. The van der Waals surface area contributed by atoms with E-state index in [4.69, 9.17) is 0 Å². The maximum Gasteiger partial charge on any atom is 0.154 e. The summed E-state index contributed by atoms with van der Waals surface area (Å²) in [7, 11) is 2.02. The Morgan fingerprint density at radius 3 is 2.42 bits per heavy atom. The van der Waals surface area contributed by atoms with E-state index in [1.54, 1.807) is 13.0 Å². The summed E-state index contributed by atoms with van der Waals surface area (Å²) >= 11 is 0. The molecule has 0 aliphatic rings. The predicted molar refractivity (Wildman–Crippen MR) is 52.0 cm³/mol. The molecular formula is C10H19NO. The van der Waals surface area contributed by atoms with Crippen molar-refractivity contribution in [3.05, 3.63) is 11.8 Å². The van der Waals surface area contributed by atoms with Gasteiger partial charge in [0.25, 0.3) is 0 Å². The van der Waals surface area contributed by atoms with Gasteiger partial charge in [0.1, 0.15) is 0 Å². The Bertz CT molecular complexity index is 173. The van der Waals surface area contributed by atoms with Gasteiger partial charge in [-0.25, -0.2) is 0 Å². The Balaban J connectivity index is 3.91. The van der Waals surface area contributed by atoms with Crippen LogP contribution in [0.3, 0.4) is 0 Å². The quantitative estimate of drug-likeness (QED) is 0.588. The Morgan fingerprint density at radius 1 is 1.42 bits per heavy atom. The fourth-order valence-electron chi connectivity index (χ4n) is 0.976. The lowest BCUT2D eigenvalue weighted by Gasteiger charge is -2.18. The second kappa shape index (κ2) is 5.81. The minimum absolute atomic E-state index is 0.121. The molecule has 2 nitrogen and oxygen atoms in total. The molecule has 0 bridgehead atoms. The molecule has 2 heteroatoms. The monoisotopic (exact) mass is 169 g/mol. The van der Waals surface area contributed by atoms with E-state index >= 15 is 0 Å². The van der Waals surface area contributed by atoms with Gasteiger partial charge in [0.2, 0.25) is 0 Å². The number of hydrogen-bond acceptors (Lipinski definition) is 2. The van der Waals surface area contributed by atoms with Crippen LogP contribution < -0.4 is 0 Å². The molecule has 0 aliphatic carbocycles. The summed E-state index contributed by atoms with van der Waals surface area (Å²) in [6.07, 6.45) is 4.05. The fraction of sp³-hybridized carbons (Fsp3) is 0.700. The Morgan fingerprint density at radius 2 is 2.00 bits per heavy atom. The highest BCUT2D eigenvalue weighted by molar-refractivity contribution is 5.87. The minimum atomic E-state index is 0.121. The Hall–Kier alpha value is -0.790. The largest absolute Gasteiger partial charge is 0.378 e. The minimum Gasteiger partial charge on any atom is -0.378 e. The fourth-order valence-corrected chi connectivity index (χ4v) is 0.976. The molecule has 0 heterocycles. The van der Waals surface area contributed by atoms with E-state index in [-0.39, 0.29) is 5.78 Å². The first-order valence-electron chi connectivity index (χ1n) is 4.48. The Kier molecular flexibility index (Phi) is 5.43. The topological polar surface area (TPSA) is 20.3 Å². The molecule has 0 unspecified atom stereocenters. The van der Waals surface area contributed by atoms with Gasteiger partial charge in [-0.1, -0.05) is 13.3 Å². The van der Waals surface area contributed by atoms with Gasteiger partial charge in [-0.3, -0.25) is 4.79 Å². The van der Waals surface area contributed by atoms with E-state index < -0.39 is 0 Å². The third kappa shape index (κ3) is 4.94. The van der Waals surface area contributed by atoms with E-state index in [1.165, 1.54) is 12.8 Å². The van der Waals surface area contributed by atoms with Crippen LogP contribution in [0.15, 0.2) is 11.8 Å². The molecule has 0 saturated carbocycles. The average Bonchev–Trinajstić information content (AvgIpc) is 1.98. The molecular weight excluding hydrogens is 150 g/mol. The molecule has 0 saturated heterocycles. The van der Waals surface area contributed by atoms with Crippen LogP contribution in [0.5, 0.6) is 0 Å². The van der Waals surface area contributed by atoms with Crippen LogP contribution in [-0.4, -0.2) is 24.3 Å². The van der Waals surface area contributed by atoms with Crippen LogP contribution in [0.1, 0.15) is 33.6 Å². The first kappa shape index (κ1) is 11.2. The highest BCUT2D eigenvalue weighted by atomic mass is 16.1. The van der Waals surface area contributed by atoms with Crippen molar-refractivity contribution in [3.8, 4) is 0 Å². The first-order valence-corrected chi connectivity index (χ1v) is 4.48. The third-order valence-corrected chi connectivity index (χ3v) is 1.86. The molecule has 0 atom stereocenters. The van der Waals surface area contributed by atoms with Crippen LogP contribution >= 0.6 is 0 Å². The zero-order chi connectivity index (χ0) is 9.56. The molecule has 0 aromatic heterocycles. The van der Waals surface area contributed by atoms with Gasteiger partial charge in [0.05, 0.1) is 0 Å². The lowest BCUT2D eigenvalue weighted by atomic mass is 10.3. The van der Waals surface area contributed by atoms with Crippen molar-refractivity contribution in [1.82, 2.24) is 4.90 Å². The molecule has 70 valence electrons. The second-order valence-electron chi connectivity index (χ2n) is 3.17. The summed E-state index contributed by atoms with van der Waals surface area (Å²) in [5.41, 5.74) is 1.05. The van der Waals surface area contributed by atoms with Crippen molar-refractivity contribution < 1.29 is 4.79 Å². The van der Waals surface area contributed by atoms with Crippen molar-refractivity contribution in [3.63, 3.8) is 0 Å². The number of carbonyl (C=O) groups excluding carboxylic acids is 1. The van der Waals surface area contributed by atoms with E-state index in [0.717, 1.165) is 12.2 Å². The molecule has 0 aliphatic heterocycles. The van der Waals surface area contributed by atoms with E-state index in [2.05, 4.69) is 11.8 Å². The normalized spacial score (nSPS) is 11.5. The standard InChI is InChI=1S/C10H19NO/c1-5-6-7-11(4)9(2)8-10(3)12/h8H,5-7H2,1-4H3/b9-8+. The highest BCUT2D eigenvalue weighted by Gasteiger charge is 1.98. The summed E-state index contributed by atoms with van der Waals surface area (Å²) in [6.45, 7) is 6.75. The molecule has 0 aromatic carbocycles. The van der Waals surface area contributed by atoms with Gasteiger partial charge in [-0.15, -0.1) is 0 Å². The molecule has 0 rings (SSSR count). The number of unbranched alkanes of at least 4 members (excludes halogenated alkanes) is 1. The van der Waals surface area contributed by atoms with Crippen LogP contribution in [0.2, 0.25) is 0 Å². The van der Waals surface area contributed by atoms with Crippen molar-refractivity contribution in [2.24, 2.45) is 0 Å². The Labute approximate surface area is 75.3 Å². The lowest BCUT2D eigenvalue weighted by Crippen LogP contribution is -2.17. The molecule has 0 fully saturated rings. The first-order chi connectivity index (χ1) is 5.57. The lowest BCUT2D eigenvalue weighted by molar-refractivity contribution is -0.112. The molecule has 12 heavy (non-hydrogen) atoms. The predicted octanol–water partition coefficient (Wildman–Crippen LogP) is 2.21. The summed E-state index contributed by atoms with van der Waals surface area (Å²) in [5, 5.41) is 0. The maximum atomic E-state index is 10.7. The van der Waals surface area contributed by atoms with E-state index in [0.29, 0.717) is 0 Å². The van der Waals surface area contributed by atoms with Gasteiger partial charge in [0, 0.05) is 19.3 Å². The summed E-state index contributed by atoms with van der Waals surface area (Å²) in [5.74, 6) is 0.121. The van der Waals surface area contributed by atoms with Crippen molar-refractivity contribution >= 4 is 5.78 Å². The molecule has 0 amide bonds. The number of ketones is 1. The third-order valence-electron chi connectivity index (χ3n) is 1.86. The van der Waals surface area contributed by atoms with Crippen LogP contribution in [0.4, 0.5) is 0 Å². The number of allylic oxidation sites excluding steroid dienone is 2. The van der Waals surface area contributed by atoms with Gasteiger partial charge < -0.3 is 4.90 Å². The number of rotatable bonds is 5.